The van der Waals surface area contributed by atoms with Crippen molar-refractivity contribution in [1.82, 2.24) is 9.62 Å². The standard InChI is InChI=1S/C13H28N2O3S/c1-3-12(6-8-16)9-14-10-13-5-4-7-15(11-13)19(2,17)18/h12-14,16H,3-11H2,1-2H3. The molecule has 0 saturated carbocycles. The lowest BCUT2D eigenvalue weighted by molar-refractivity contribution is 0.238. The van der Waals surface area contributed by atoms with E-state index in [-0.39, 0.29) is 6.61 Å². The van der Waals surface area contributed by atoms with Crippen molar-refractivity contribution in [3.8, 4) is 0 Å². The molecule has 1 aliphatic rings. The summed E-state index contributed by atoms with van der Waals surface area (Å²) in [6.45, 7) is 5.46. The van der Waals surface area contributed by atoms with Gasteiger partial charge in [0, 0.05) is 19.7 Å². The highest BCUT2D eigenvalue weighted by molar-refractivity contribution is 7.88. The Kier molecular flexibility index (Phi) is 7.28. The maximum absolute atomic E-state index is 11.5. The van der Waals surface area contributed by atoms with Gasteiger partial charge >= 0.3 is 0 Å². The van der Waals surface area contributed by atoms with Gasteiger partial charge in [-0.05, 0) is 44.2 Å². The maximum Gasteiger partial charge on any atom is 0.211 e. The average molecular weight is 292 g/mol. The zero-order valence-electron chi connectivity index (χ0n) is 12.1. The van der Waals surface area contributed by atoms with Crippen molar-refractivity contribution < 1.29 is 13.5 Å². The number of aliphatic hydroxyl groups excluding tert-OH is 1. The summed E-state index contributed by atoms with van der Waals surface area (Å²) in [6.07, 6.45) is 5.23. The van der Waals surface area contributed by atoms with Crippen LogP contribution in [0.3, 0.4) is 0 Å². The quantitative estimate of drug-likeness (QED) is 0.689. The minimum Gasteiger partial charge on any atom is -0.396 e. The van der Waals surface area contributed by atoms with E-state index in [0.29, 0.717) is 24.9 Å². The van der Waals surface area contributed by atoms with Crippen molar-refractivity contribution >= 4 is 10.0 Å². The molecule has 114 valence electrons. The van der Waals surface area contributed by atoms with Gasteiger partial charge in [-0.1, -0.05) is 13.3 Å². The lowest BCUT2D eigenvalue weighted by atomic mass is 9.98. The number of sulfonamides is 1. The van der Waals surface area contributed by atoms with Gasteiger partial charge in [0.2, 0.25) is 10.0 Å². The van der Waals surface area contributed by atoms with Crippen LogP contribution in [0.5, 0.6) is 0 Å². The van der Waals surface area contributed by atoms with Gasteiger partial charge in [-0.3, -0.25) is 0 Å². The first kappa shape index (κ1) is 16.9. The summed E-state index contributed by atoms with van der Waals surface area (Å²) in [5, 5.41) is 12.4. The third kappa shape index (κ3) is 6.21. The van der Waals surface area contributed by atoms with E-state index in [0.717, 1.165) is 38.8 Å². The van der Waals surface area contributed by atoms with Crippen LogP contribution in [0.1, 0.15) is 32.6 Å². The molecule has 0 bridgehead atoms. The fourth-order valence-corrected chi connectivity index (χ4v) is 3.56. The Hall–Kier alpha value is -0.170. The van der Waals surface area contributed by atoms with Crippen molar-refractivity contribution in [2.45, 2.75) is 32.6 Å². The first-order valence-corrected chi connectivity index (χ1v) is 9.08. The van der Waals surface area contributed by atoms with Crippen LogP contribution >= 0.6 is 0 Å². The van der Waals surface area contributed by atoms with Crippen LogP contribution in [0.25, 0.3) is 0 Å². The summed E-state index contributed by atoms with van der Waals surface area (Å²) < 4.78 is 24.6. The van der Waals surface area contributed by atoms with Crippen molar-refractivity contribution in [2.75, 3.05) is 39.0 Å². The van der Waals surface area contributed by atoms with Crippen LogP contribution in [0, 0.1) is 11.8 Å². The van der Waals surface area contributed by atoms with E-state index in [1.165, 1.54) is 6.26 Å². The van der Waals surface area contributed by atoms with Crippen LogP contribution in [0.2, 0.25) is 0 Å². The minimum absolute atomic E-state index is 0.242. The topological polar surface area (TPSA) is 69.6 Å². The van der Waals surface area contributed by atoms with Crippen LogP contribution in [0.15, 0.2) is 0 Å². The van der Waals surface area contributed by atoms with Gasteiger partial charge in [-0.25, -0.2) is 12.7 Å². The molecule has 1 aliphatic heterocycles. The Balaban J connectivity index is 2.29. The molecule has 0 spiro atoms. The lowest BCUT2D eigenvalue weighted by Gasteiger charge is -2.31. The second kappa shape index (κ2) is 8.19. The predicted octanol–water partition coefficient (Wildman–Crippen LogP) is 0.656. The Morgan fingerprint density at radius 1 is 1.47 bits per heavy atom. The zero-order valence-corrected chi connectivity index (χ0v) is 13.0. The van der Waals surface area contributed by atoms with E-state index in [4.69, 9.17) is 5.11 Å². The Bertz CT molecular complexity index is 346. The predicted molar refractivity (Wildman–Crippen MR) is 77.5 cm³/mol. The molecule has 2 N–H and O–H groups in total. The van der Waals surface area contributed by atoms with Gasteiger partial charge in [0.15, 0.2) is 0 Å². The zero-order chi connectivity index (χ0) is 14.3. The molecule has 0 aliphatic carbocycles. The second-order valence-electron chi connectivity index (χ2n) is 5.57. The van der Waals surface area contributed by atoms with Gasteiger partial charge in [0.1, 0.15) is 0 Å². The van der Waals surface area contributed by atoms with Crippen molar-refractivity contribution in [3.05, 3.63) is 0 Å². The summed E-state index contributed by atoms with van der Waals surface area (Å²) in [5.41, 5.74) is 0. The highest BCUT2D eigenvalue weighted by Gasteiger charge is 2.25. The molecule has 5 nitrogen and oxygen atoms in total. The summed E-state index contributed by atoms with van der Waals surface area (Å²) in [6, 6.07) is 0. The molecule has 1 heterocycles. The number of piperidine rings is 1. The van der Waals surface area contributed by atoms with E-state index < -0.39 is 10.0 Å². The molecule has 0 amide bonds. The summed E-state index contributed by atoms with van der Waals surface area (Å²) in [4.78, 5) is 0. The molecule has 0 radical (unpaired) electrons. The fourth-order valence-electron chi connectivity index (χ4n) is 2.62. The third-order valence-electron chi connectivity index (χ3n) is 3.93. The molecule has 2 atom stereocenters. The van der Waals surface area contributed by atoms with Crippen LogP contribution in [0.4, 0.5) is 0 Å². The van der Waals surface area contributed by atoms with Gasteiger partial charge < -0.3 is 10.4 Å². The minimum atomic E-state index is -3.04. The average Bonchev–Trinajstić information content (AvgIpc) is 2.37. The molecular formula is C13H28N2O3S. The van der Waals surface area contributed by atoms with E-state index in [2.05, 4.69) is 12.2 Å². The maximum atomic E-state index is 11.5. The van der Waals surface area contributed by atoms with E-state index in [1.54, 1.807) is 4.31 Å². The van der Waals surface area contributed by atoms with Crippen molar-refractivity contribution in [1.29, 1.82) is 0 Å². The highest BCUT2D eigenvalue weighted by atomic mass is 32.2. The summed E-state index contributed by atoms with van der Waals surface area (Å²) in [5.74, 6) is 0.926. The normalized spacial score (nSPS) is 23.4. The SMILES string of the molecule is CCC(CCO)CNCC1CCCN(S(C)(=O)=O)C1. The number of hydrogen-bond acceptors (Lipinski definition) is 4. The van der Waals surface area contributed by atoms with E-state index >= 15 is 0 Å². The van der Waals surface area contributed by atoms with E-state index in [1.807, 2.05) is 0 Å². The highest BCUT2D eigenvalue weighted by Crippen LogP contribution is 2.18. The van der Waals surface area contributed by atoms with Gasteiger partial charge in [0.25, 0.3) is 0 Å². The van der Waals surface area contributed by atoms with Crippen molar-refractivity contribution in [3.63, 3.8) is 0 Å². The van der Waals surface area contributed by atoms with Crippen LogP contribution < -0.4 is 5.32 Å². The first-order valence-electron chi connectivity index (χ1n) is 7.24. The molecule has 6 heteroatoms. The molecule has 0 aromatic rings. The van der Waals surface area contributed by atoms with Crippen molar-refractivity contribution in [2.24, 2.45) is 11.8 Å². The Labute approximate surface area is 117 Å². The molecular weight excluding hydrogens is 264 g/mol. The van der Waals surface area contributed by atoms with Gasteiger partial charge in [-0.2, -0.15) is 0 Å². The first-order chi connectivity index (χ1) is 8.97. The second-order valence-corrected chi connectivity index (χ2v) is 7.56. The monoisotopic (exact) mass is 292 g/mol. The summed E-state index contributed by atoms with van der Waals surface area (Å²) >= 11 is 0. The largest absolute Gasteiger partial charge is 0.396 e. The lowest BCUT2D eigenvalue weighted by Crippen LogP contribution is -2.42. The number of nitrogens with zero attached hydrogens (tertiary/aromatic N) is 1. The smallest absolute Gasteiger partial charge is 0.211 e. The van der Waals surface area contributed by atoms with Crippen LogP contribution in [-0.4, -0.2) is 56.9 Å². The number of hydrogen-bond donors (Lipinski definition) is 2. The molecule has 1 saturated heterocycles. The molecule has 0 aromatic carbocycles. The molecule has 1 rings (SSSR count). The van der Waals surface area contributed by atoms with Gasteiger partial charge in [-0.15, -0.1) is 0 Å². The van der Waals surface area contributed by atoms with Crippen LogP contribution in [-0.2, 0) is 10.0 Å². The molecule has 1 fully saturated rings. The molecule has 0 aromatic heterocycles. The molecule has 2 unspecified atom stereocenters. The summed E-state index contributed by atoms with van der Waals surface area (Å²) in [7, 11) is -3.04. The van der Waals surface area contributed by atoms with E-state index in [9.17, 15) is 8.42 Å². The third-order valence-corrected chi connectivity index (χ3v) is 5.20. The Morgan fingerprint density at radius 2 is 2.21 bits per heavy atom. The number of rotatable bonds is 8. The van der Waals surface area contributed by atoms with Gasteiger partial charge in [0.05, 0.1) is 6.26 Å². The number of aliphatic hydroxyl groups is 1. The Morgan fingerprint density at radius 3 is 2.79 bits per heavy atom. The molecule has 19 heavy (non-hydrogen) atoms. The fraction of sp³-hybridized carbons (Fsp3) is 1.00. The number of nitrogens with one attached hydrogen (secondary N) is 1.